The van der Waals surface area contributed by atoms with E-state index in [0.717, 1.165) is 12.8 Å². The molecular formula is C21H26N2O4S. The molecule has 0 saturated heterocycles. The number of nitrogens with zero attached hydrogens (tertiary/aromatic N) is 1. The summed E-state index contributed by atoms with van der Waals surface area (Å²) >= 11 is 0. The van der Waals surface area contributed by atoms with Crippen molar-refractivity contribution < 1.29 is 17.9 Å². The number of hydrogen-bond donors (Lipinski definition) is 1. The van der Waals surface area contributed by atoms with E-state index in [2.05, 4.69) is 17.4 Å². The van der Waals surface area contributed by atoms with E-state index in [1.165, 1.54) is 9.87 Å². The highest BCUT2D eigenvalue weighted by molar-refractivity contribution is 7.92. The highest BCUT2D eigenvalue weighted by Crippen LogP contribution is 2.35. The average Bonchev–Trinajstić information content (AvgIpc) is 2.72. The quantitative estimate of drug-likeness (QED) is 0.773. The van der Waals surface area contributed by atoms with E-state index in [-0.39, 0.29) is 24.2 Å². The Morgan fingerprint density at radius 1 is 1.18 bits per heavy atom. The zero-order chi connectivity index (χ0) is 20.1. The number of benzene rings is 2. The molecule has 1 amide bonds. The minimum atomic E-state index is -3.50. The molecule has 2 aromatic carbocycles. The Hall–Kier alpha value is -2.54. The van der Waals surface area contributed by atoms with Gasteiger partial charge in [0, 0.05) is 6.04 Å². The van der Waals surface area contributed by atoms with Crippen LogP contribution in [0.3, 0.4) is 0 Å². The van der Waals surface area contributed by atoms with Crippen LogP contribution in [-0.2, 0) is 21.2 Å². The summed E-state index contributed by atoms with van der Waals surface area (Å²) in [5.74, 6) is 0.0672. The zero-order valence-electron chi connectivity index (χ0n) is 16.2. The fraction of sp³-hybridized carbons (Fsp3) is 0.381. The van der Waals surface area contributed by atoms with Crippen molar-refractivity contribution in [2.24, 2.45) is 0 Å². The summed E-state index contributed by atoms with van der Waals surface area (Å²) in [6, 6.07) is 16.9. The number of anilines is 1. The molecule has 0 aliphatic carbocycles. The Morgan fingerprint density at radius 2 is 1.86 bits per heavy atom. The molecule has 0 spiro atoms. The topological polar surface area (TPSA) is 75.7 Å². The van der Waals surface area contributed by atoms with E-state index < -0.39 is 16.1 Å². The van der Waals surface area contributed by atoms with Crippen molar-refractivity contribution in [1.29, 1.82) is 0 Å². The third-order valence-corrected chi connectivity index (χ3v) is 6.57. The second-order valence-electron chi connectivity index (χ2n) is 6.94. The van der Waals surface area contributed by atoms with Crippen molar-refractivity contribution in [2.45, 2.75) is 38.8 Å². The molecule has 0 bridgehead atoms. The van der Waals surface area contributed by atoms with E-state index in [0.29, 0.717) is 11.4 Å². The van der Waals surface area contributed by atoms with Crippen molar-refractivity contribution in [1.82, 2.24) is 5.32 Å². The number of hydrogen-bond acceptors (Lipinski definition) is 4. The minimum absolute atomic E-state index is 0.0234. The number of nitrogens with one attached hydrogen (secondary N) is 1. The van der Waals surface area contributed by atoms with Crippen LogP contribution < -0.4 is 14.4 Å². The number of sulfonamides is 1. The summed E-state index contributed by atoms with van der Waals surface area (Å²) in [6.45, 7) is 3.51. The molecule has 1 aliphatic rings. The first-order chi connectivity index (χ1) is 13.4. The molecular weight excluding hydrogens is 376 g/mol. The monoisotopic (exact) mass is 402 g/mol. The largest absolute Gasteiger partial charge is 0.476 e. The first-order valence-corrected chi connectivity index (χ1v) is 11.1. The van der Waals surface area contributed by atoms with Gasteiger partial charge in [-0.15, -0.1) is 0 Å². The lowest BCUT2D eigenvalue weighted by molar-refractivity contribution is -0.128. The number of rotatable bonds is 7. The molecule has 150 valence electrons. The van der Waals surface area contributed by atoms with Crippen LogP contribution in [0, 0.1) is 0 Å². The highest BCUT2D eigenvalue weighted by atomic mass is 32.2. The zero-order valence-corrected chi connectivity index (χ0v) is 17.0. The Labute approximate surface area is 166 Å². The summed E-state index contributed by atoms with van der Waals surface area (Å²) < 4.78 is 32.1. The second kappa shape index (κ2) is 8.65. The number of carbonyl (C=O) groups excluding carboxylic acids is 1. The van der Waals surface area contributed by atoms with Gasteiger partial charge in [0.2, 0.25) is 10.0 Å². The number of aryl methyl sites for hydroxylation is 1. The normalized spacial score (nSPS) is 17.4. The summed E-state index contributed by atoms with van der Waals surface area (Å²) in [6.07, 6.45) is 0.763. The van der Waals surface area contributed by atoms with Gasteiger partial charge in [0.1, 0.15) is 5.75 Å². The molecule has 0 fully saturated rings. The standard InChI is InChI=1S/C21H26N2O4S/c1-3-28(25,26)23-15-20(27-19-12-8-7-11-18(19)23)21(24)22-16(2)13-14-17-9-5-4-6-10-17/h4-12,16,20H,3,13-15H2,1-2H3,(H,22,24). The van der Waals surface area contributed by atoms with Gasteiger partial charge in [0.05, 0.1) is 18.0 Å². The molecule has 1 aliphatic heterocycles. The molecule has 0 radical (unpaired) electrons. The summed E-state index contributed by atoms with van der Waals surface area (Å²) in [4.78, 5) is 12.7. The maximum atomic E-state index is 12.7. The fourth-order valence-corrected chi connectivity index (χ4v) is 4.32. The molecule has 1 heterocycles. The van der Waals surface area contributed by atoms with E-state index in [1.807, 2.05) is 25.1 Å². The van der Waals surface area contributed by atoms with Gasteiger partial charge in [-0.3, -0.25) is 9.10 Å². The van der Waals surface area contributed by atoms with Crippen molar-refractivity contribution >= 4 is 21.6 Å². The predicted octanol–water partition coefficient (Wildman–Crippen LogP) is 2.74. The molecule has 0 saturated carbocycles. The molecule has 3 rings (SSSR count). The number of para-hydroxylation sites is 2. The minimum Gasteiger partial charge on any atom is -0.476 e. The van der Waals surface area contributed by atoms with E-state index in [4.69, 9.17) is 4.74 Å². The van der Waals surface area contributed by atoms with E-state index in [9.17, 15) is 13.2 Å². The van der Waals surface area contributed by atoms with Crippen LogP contribution in [0.5, 0.6) is 5.75 Å². The molecule has 0 aromatic heterocycles. The lowest BCUT2D eigenvalue weighted by atomic mass is 10.1. The summed E-state index contributed by atoms with van der Waals surface area (Å²) in [7, 11) is -3.50. The third-order valence-electron chi connectivity index (χ3n) is 4.83. The summed E-state index contributed by atoms with van der Waals surface area (Å²) in [5, 5.41) is 2.96. The first kappa shape index (κ1) is 20.2. The fourth-order valence-electron chi connectivity index (χ4n) is 3.19. The molecule has 28 heavy (non-hydrogen) atoms. The van der Waals surface area contributed by atoms with Gasteiger partial charge in [-0.1, -0.05) is 42.5 Å². The van der Waals surface area contributed by atoms with Crippen LogP contribution in [0.25, 0.3) is 0 Å². The number of ether oxygens (including phenoxy) is 1. The number of amides is 1. The average molecular weight is 403 g/mol. The van der Waals surface area contributed by atoms with Crippen molar-refractivity contribution in [3.8, 4) is 5.75 Å². The maximum absolute atomic E-state index is 12.7. The Morgan fingerprint density at radius 3 is 2.57 bits per heavy atom. The predicted molar refractivity (Wildman–Crippen MR) is 110 cm³/mol. The van der Waals surface area contributed by atoms with Gasteiger partial charge < -0.3 is 10.1 Å². The Kier molecular flexibility index (Phi) is 6.24. The third kappa shape index (κ3) is 4.65. The van der Waals surface area contributed by atoms with Crippen LogP contribution in [-0.4, -0.2) is 38.8 Å². The molecule has 2 aromatic rings. The maximum Gasteiger partial charge on any atom is 0.263 e. The van der Waals surface area contributed by atoms with Crippen LogP contribution in [0.4, 0.5) is 5.69 Å². The Bertz CT molecular complexity index is 915. The Balaban J connectivity index is 1.67. The summed E-state index contributed by atoms with van der Waals surface area (Å²) in [5.41, 5.74) is 1.69. The molecule has 1 N–H and O–H groups in total. The van der Waals surface area contributed by atoms with Crippen LogP contribution >= 0.6 is 0 Å². The van der Waals surface area contributed by atoms with Crippen LogP contribution in [0.1, 0.15) is 25.8 Å². The SMILES string of the molecule is CCS(=O)(=O)N1CC(C(=O)NC(C)CCc2ccccc2)Oc2ccccc21. The van der Waals surface area contributed by atoms with E-state index in [1.54, 1.807) is 31.2 Å². The smallest absolute Gasteiger partial charge is 0.263 e. The first-order valence-electron chi connectivity index (χ1n) is 9.51. The van der Waals surface area contributed by atoms with Gasteiger partial charge in [0.25, 0.3) is 5.91 Å². The van der Waals surface area contributed by atoms with Gasteiger partial charge in [-0.2, -0.15) is 0 Å². The van der Waals surface area contributed by atoms with Crippen molar-refractivity contribution in [2.75, 3.05) is 16.6 Å². The highest BCUT2D eigenvalue weighted by Gasteiger charge is 2.36. The lowest BCUT2D eigenvalue weighted by Gasteiger charge is -2.35. The molecule has 6 nitrogen and oxygen atoms in total. The van der Waals surface area contributed by atoms with Crippen LogP contribution in [0.15, 0.2) is 54.6 Å². The second-order valence-corrected chi connectivity index (χ2v) is 9.12. The number of carbonyl (C=O) groups is 1. The van der Waals surface area contributed by atoms with Gasteiger partial charge in [-0.25, -0.2) is 8.42 Å². The van der Waals surface area contributed by atoms with Crippen molar-refractivity contribution in [3.05, 3.63) is 60.2 Å². The van der Waals surface area contributed by atoms with E-state index >= 15 is 0 Å². The van der Waals surface area contributed by atoms with Gasteiger partial charge in [-0.05, 0) is 44.4 Å². The molecule has 2 atom stereocenters. The molecule has 2 unspecified atom stereocenters. The van der Waals surface area contributed by atoms with Gasteiger partial charge >= 0.3 is 0 Å². The van der Waals surface area contributed by atoms with Crippen molar-refractivity contribution in [3.63, 3.8) is 0 Å². The molecule has 7 heteroatoms. The lowest BCUT2D eigenvalue weighted by Crippen LogP contribution is -2.52. The van der Waals surface area contributed by atoms with Crippen LogP contribution in [0.2, 0.25) is 0 Å². The number of fused-ring (bicyclic) bond motifs is 1. The van der Waals surface area contributed by atoms with Gasteiger partial charge in [0.15, 0.2) is 6.10 Å².